The monoisotopic (exact) mass is 447 g/mol. The van der Waals surface area contributed by atoms with Crippen molar-refractivity contribution in [3.05, 3.63) is 65.2 Å². The number of fused-ring (bicyclic) bond motifs is 2. The molecule has 1 heterocycles. The lowest BCUT2D eigenvalue weighted by Crippen LogP contribution is -2.23. The van der Waals surface area contributed by atoms with Crippen LogP contribution in [0.2, 0.25) is 0 Å². The first-order chi connectivity index (χ1) is 15.9. The molecule has 0 N–H and O–H groups in total. The third kappa shape index (κ3) is 4.38. The summed E-state index contributed by atoms with van der Waals surface area (Å²) in [5, 5.41) is 1.81. The van der Waals surface area contributed by atoms with Crippen LogP contribution in [0.5, 0.6) is 11.5 Å². The summed E-state index contributed by atoms with van der Waals surface area (Å²) in [6.45, 7) is 8.86. The fourth-order valence-electron chi connectivity index (χ4n) is 4.21. The number of carbonyl (C=O) groups is 2. The summed E-state index contributed by atoms with van der Waals surface area (Å²) in [7, 11) is 0. The molecular formula is C27H29NO5. The first kappa shape index (κ1) is 22.6. The number of rotatable bonds is 8. The molecule has 33 heavy (non-hydrogen) atoms. The van der Waals surface area contributed by atoms with Gasteiger partial charge >= 0.3 is 5.97 Å². The normalized spacial score (nSPS) is 12.9. The molecule has 6 nitrogen and oxygen atoms in total. The van der Waals surface area contributed by atoms with Crippen molar-refractivity contribution >= 4 is 28.3 Å². The van der Waals surface area contributed by atoms with E-state index in [1.165, 1.54) is 0 Å². The van der Waals surface area contributed by atoms with Gasteiger partial charge in [0.1, 0.15) is 11.5 Å². The van der Waals surface area contributed by atoms with Crippen LogP contribution in [0.25, 0.3) is 10.8 Å². The van der Waals surface area contributed by atoms with Crippen LogP contribution in [-0.4, -0.2) is 31.2 Å². The maximum atomic E-state index is 13.6. The summed E-state index contributed by atoms with van der Waals surface area (Å²) in [6.07, 6.45) is 0.163. The van der Waals surface area contributed by atoms with Crippen molar-refractivity contribution in [3.8, 4) is 11.5 Å². The number of anilines is 1. The molecule has 0 saturated heterocycles. The van der Waals surface area contributed by atoms with Gasteiger partial charge in [-0.1, -0.05) is 36.4 Å². The molecule has 1 amide bonds. The molecule has 3 aromatic carbocycles. The van der Waals surface area contributed by atoms with Crippen LogP contribution in [0, 0.1) is 0 Å². The van der Waals surface area contributed by atoms with Gasteiger partial charge in [0, 0.05) is 22.0 Å². The Hall–Kier alpha value is -3.54. The number of nitrogens with zero attached hydrogens (tertiary/aromatic N) is 1. The highest BCUT2D eigenvalue weighted by Gasteiger charge is 2.37. The number of esters is 1. The van der Waals surface area contributed by atoms with Crippen molar-refractivity contribution < 1.29 is 23.8 Å². The lowest BCUT2D eigenvalue weighted by atomic mass is 9.99. The van der Waals surface area contributed by atoms with Gasteiger partial charge in [-0.2, -0.15) is 0 Å². The zero-order chi connectivity index (χ0) is 23.5. The zero-order valence-electron chi connectivity index (χ0n) is 19.5. The molecule has 0 aromatic heterocycles. The fraction of sp³-hybridized carbons (Fsp3) is 0.333. The first-order valence-electron chi connectivity index (χ1n) is 11.4. The van der Waals surface area contributed by atoms with E-state index in [9.17, 15) is 9.59 Å². The molecule has 0 atom stereocenters. The van der Waals surface area contributed by atoms with Crippen LogP contribution in [0.3, 0.4) is 0 Å². The van der Waals surface area contributed by atoms with Crippen molar-refractivity contribution in [2.75, 3.05) is 18.1 Å². The highest BCUT2D eigenvalue weighted by Crippen LogP contribution is 2.46. The van der Waals surface area contributed by atoms with E-state index in [1.807, 2.05) is 69.3 Å². The summed E-state index contributed by atoms with van der Waals surface area (Å²) >= 11 is 0. The number of ether oxygens (including phenoxy) is 3. The van der Waals surface area contributed by atoms with E-state index in [0.29, 0.717) is 31.1 Å². The van der Waals surface area contributed by atoms with Gasteiger partial charge in [0.15, 0.2) is 0 Å². The molecule has 0 radical (unpaired) electrons. The average Bonchev–Trinajstić information content (AvgIpc) is 3.13. The van der Waals surface area contributed by atoms with Crippen molar-refractivity contribution in [1.29, 1.82) is 0 Å². The topological polar surface area (TPSA) is 65.1 Å². The predicted molar refractivity (Wildman–Crippen MR) is 128 cm³/mol. The van der Waals surface area contributed by atoms with Gasteiger partial charge in [-0.25, -0.2) is 0 Å². The molecule has 1 aliphatic rings. The molecule has 4 rings (SSSR count). The summed E-state index contributed by atoms with van der Waals surface area (Å²) in [5.74, 6) is 0.948. The van der Waals surface area contributed by atoms with Gasteiger partial charge in [-0.3, -0.25) is 9.59 Å². The van der Waals surface area contributed by atoms with Crippen molar-refractivity contribution in [2.24, 2.45) is 0 Å². The number of hydrogen-bond acceptors (Lipinski definition) is 5. The summed E-state index contributed by atoms with van der Waals surface area (Å²) in [6, 6.07) is 15.3. The van der Waals surface area contributed by atoms with E-state index in [2.05, 4.69) is 0 Å². The summed E-state index contributed by atoms with van der Waals surface area (Å²) in [5.41, 5.74) is 2.99. The van der Waals surface area contributed by atoms with E-state index in [1.54, 1.807) is 11.8 Å². The molecule has 3 aromatic rings. The minimum atomic E-state index is -0.265. The molecule has 1 aliphatic heterocycles. The molecule has 172 valence electrons. The SMILES string of the molecule is CCOC(=O)Cc1ccc(N2Cc3c(c(OCC)c4ccccc4c3OC(C)C)C2=O)cc1. The standard InChI is InChI=1S/C27H29NO5/c1-5-31-23(29)15-18-11-13-19(14-12-18)28-16-22-24(27(28)30)26(32-6-2)21-10-8-7-9-20(21)25(22)33-17(3)4/h7-14,17H,5-6,15-16H2,1-4H3. The van der Waals surface area contributed by atoms with Crippen LogP contribution < -0.4 is 14.4 Å². The van der Waals surface area contributed by atoms with E-state index in [4.69, 9.17) is 14.2 Å². The second kappa shape index (κ2) is 9.53. The molecule has 0 saturated carbocycles. The number of carbonyl (C=O) groups excluding carboxylic acids is 2. The van der Waals surface area contributed by atoms with Gasteiger partial charge in [0.2, 0.25) is 0 Å². The van der Waals surface area contributed by atoms with Gasteiger partial charge in [0.25, 0.3) is 5.91 Å². The van der Waals surface area contributed by atoms with Crippen LogP contribution in [0.15, 0.2) is 48.5 Å². The molecule has 0 fully saturated rings. The number of amides is 1. The second-order valence-electron chi connectivity index (χ2n) is 8.20. The van der Waals surface area contributed by atoms with Crippen LogP contribution >= 0.6 is 0 Å². The van der Waals surface area contributed by atoms with Crippen LogP contribution in [0.1, 0.15) is 49.2 Å². The maximum absolute atomic E-state index is 13.6. The third-order valence-electron chi connectivity index (χ3n) is 5.54. The zero-order valence-corrected chi connectivity index (χ0v) is 19.5. The average molecular weight is 448 g/mol. The Morgan fingerprint density at radius 2 is 1.64 bits per heavy atom. The lowest BCUT2D eigenvalue weighted by Gasteiger charge is -2.19. The van der Waals surface area contributed by atoms with Crippen LogP contribution in [-0.2, 0) is 22.5 Å². The lowest BCUT2D eigenvalue weighted by molar-refractivity contribution is -0.142. The van der Waals surface area contributed by atoms with E-state index >= 15 is 0 Å². The highest BCUT2D eigenvalue weighted by atomic mass is 16.5. The van der Waals surface area contributed by atoms with Crippen molar-refractivity contribution in [2.45, 2.75) is 46.8 Å². The highest BCUT2D eigenvalue weighted by molar-refractivity contribution is 6.16. The van der Waals surface area contributed by atoms with Gasteiger partial charge in [-0.15, -0.1) is 0 Å². The molecule has 0 spiro atoms. The summed E-state index contributed by atoms with van der Waals surface area (Å²) < 4.78 is 17.3. The van der Waals surface area contributed by atoms with E-state index in [0.717, 1.165) is 33.3 Å². The third-order valence-corrected chi connectivity index (χ3v) is 5.54. The number of benzene rings is 3. The molecular weight excluding hydrogens is 418 g/mol. The van der Waals surface area contributed by atoms with E-state index < -0.39 is 0 Å². The van der Waals surface area contributed by atoms with Gasteiger partial charge in [0.05, 0.1) is 37.8 Å². The quantitative estimate of drug-likeness (QED) is 0.439. The molecule has 0 aliphatic carbocycles. The summed E-state index contributed by atoms with van der Waals surface area (Å²) in [4.78, 5) is 27.1. The van der Waals surface area contributed by atoms with Crippen LogP contribution in [0.4, 0.5) is 5.69 Å². The van der Waals surface area contributed by atoms with Crippen molar-refractivity contribution in [3.63, 3.8) is 0 Å². The predicted octanol–water partition coefficient (Wildman–Crippen LogP) is 5.29. The number of hydrogen-bond donors (Lipinski definition) is 0. The van der Waals surface area contributed by atoms with Gasteiger partial charge in [-0.05, 0) is 45.4 Å². The Morgan fingerprint density at radius 3 is 2.24 bits per heavy atom. The van der Waals surface area contributed by atoms with Gasteiger partial charge < -0.3 is 19.1 Å². The largest absolute Gasteiger partial charge is 0.492 e. The molecule has 0 unspecified atom stereocenters. The minimum Gasteiger partial charge on any atom is -0.492 e. The first-order valence-corrected chi connectivity index (χ1v) is 11.4. The maximum Gasteiger partial charge on any atom is 0.310 e. The molecule has 6 heteroatoms. The molecule has 0 bridgehead atoms. The Bertz CT molecular complexity index is 1180. The minimum absolute atomic E-state index is 0.0400. The fourth-order valence-corrected chi connectivity index (χ4v) is 4.21. The smallest absolute Gasteiger partial charge is 0.310 e. The Balaban J connectivity index is 1.76. The van der Waals surface area contributed by atoms with E-state index in [-0.39, 0.29) is 24.4 Å². The Labute approximate surface area is 194 Å². The Kier molecular flexibility index (Phi) is 6.54. The Morgan fingerprint density at radius 1 is 0.970 bits per heavy atom. The van der Waals surface area contributed by atoms with Crippen molar-refractivity contribution in [1.82, 2.24) is 0 Å². The second-order valence-corrected chi connectivity index (χ2v) is 8.20.